The Hall–Kier alpha value is -2.82. The lowest BCUT2D eigenvalue weighted by Gasteiger charge is -2.11. The van der Waals surface area contributed by atoms with Crippen molar-refractivity contribution < 1.29 is 14.2 Å². The Balaban J connectivity index is 2.30. The molecule has 0 unspecified atom stereocenters. The fraction of sp³-hybridized carbons (Fsp3) is 0.176. The van der Waals surface area contributed by atoms with Crippen molar-refractivity contribution in [2.45, 2.75) is 0 Å². The van der Waals surface area contributed by atoms with Crippen molar-refractivity contribution in [1.29, 1.82) is 0 Å². The summed E-state index contributed by atoms with van der Waals surface area (Å²) in [7, 11) is 4.73. The Bertz CT molecular complexity index is 697. The van der Waals surface area contributed by atoms with E-state index in [0.29, 0.717) is 28.6 Å². The van der Waals surface area contributed by atoms with Crippen LogP contribution >= 0.6 is 0 Å². The third-order valence-electron chi connectivity index (χ3n) is 3.25. The second-order valence-corrected chi connectivity index (χ2v) is 4.68. The van der Waals surface area contributed by atoms with Gasteiger partial charge in [0, 0.05) is 0 Å². The van der Waals surface area contributed by atoms with Crippen LogP contribution in [0.3, 0.4) is 0 Å². The molecule has 0 radical (unpaired) electrons. The molecule has 5 heteroatoms. The Morgan fingerprint density at radius 1 is 0.727 bits per heavy atom. The lowest BCUT2D eigenvalue weighted by atomic mass is 10.1. The van der Waals surface area contributed by atoms with Crippen molar-refractivity contribution in [2.75, 3.05) is 32.8 Å². The number of benzene rings is 2. The highest BCUT2D eigenvalue weighted by Gasteiger charge is 2.08. The normalized spacial score (nSPS) is 10.7. The van der Waals surface area contributed by atoms with Crippen LogP contribution in [0.1, 0.15) is 11.1 Å². The molecule has 0 aliphatic heterocycles. The minimum absolute atomic E-state index is 0.524. The van der Waals surface area contributed by atoms with E-state index in [-0.39, 0.29) is 0 Å². The summed E-state index contributed by atoms with van der Waals surface area (Å²) < 4.78 is 15.6. The smallest absolute Gasteiger partial charge is 0.183 e. The van der Waals surface area contributed by atoms with Crippen LogP contribution in [0.15, 0.2) is 30.3 Å². The van der Waals surface area contributed by atoms with Crippen LogP contribution in [0.2, 0.25) is 0 Å². The third kappa shape index (κ3) is 3.25. The Labute approximate surface area is 130 Å². The predicted molar refractivity (Wildman–Crippen MR) is 90.3 cm³/mol. The first-order valence-corrected chi connectivity index (χ1v) is 6.72. The molecule has 0 atom stereocenters. The topological polar surface area (TPSA) is 79.7 Å². The first-order chi connectivity index (χ1) is 10.6. The minimum Gasteiger partial charge on any atom is -0.495 e. The van der Waals surface area contributed by atoms with Gasteiger partial charge in [-0.25, -0.2) is 0 Å². The first-order valence-electron chi connectivity index (χ1n) is 6.72. The summed E-state index contributed by atoms with van der Waals surface area (Å²) in [5, 5.41) is 0. The van der Waals surface area contributed by atoms with Crippen molar-refractivity contribution in [1.82, 2.24) is 0 Å². The number of nitrogen functional groups attached to an aromatic ring is 2. The van der Waals surface area contributed by atoms with E-state index in [2.05, 4.69) is 0 Å². The highest BCUT2D eigenvalue weighted by Crippen LogP contribution is 2.35. The van der Waals surface area contributed by atoms with E-state index in [1.165, 1.54) is 0 Å². The molecule has 0 spiro atoms. The fourth-order valence-electron chi connectivity index (χ4n) is 2.16. The number of hydrogen-bond donors (Lipinski definition) is 2. The summed E-state index contributed by atoms with van der Waals surface area (Å²) in [5.41, 5.74) is 14.8. The predicted octanol–water partition coefficient (Wildman–Crippen LogP) is 3.05. The third-order valence-corrected chi connectivity index (χ3v) is 3.25. The lowest BCUT2D eigenvalue weighted by Crippen LogP contribution is -1.96. The molecule has 5 nitrogen and oxygen atoms in total. The lowest BCUT2D eigenvalue weighted by molar-refractivity contribution is 0.356. The van der Waals surface area contributed by atoms with Gasteiger partial charge < -0.3 is 25.7 Å². The molecule has 0 fully saturated rings. The van der Waals surface area contributed by atoms with Gasteiger partial charge in [-0.05, 0) is 35.4 Å². The quantitative estimate of drug-likeness (QED) is 0.655. The van der Waals surface area contributed by atoms with Crippen molar-refractivity contribution >= 4 is 23.5 Å². The number of hydrogen-bond acceptors (Lipinski definition) is 5. The second-order valence-electron chi connectivity index (χ2n) is 4.68. The van der Waals surface area contributed by atoms with Crippen LogP contribution in [0.5, 0.6) is 17.2 Å². The summed E-state index contributed by atoms with van der Waals surface area (Å²) >= 11 is 0. The Morgan fingerprint density at radius 3 is 1.95 bits per heavy atom. The van der Waals surface area contributed by atoms with Gasteiger partial charge in [0.15, 0.2) is 11.5 Å². The van der Waals surface area contributed by atoms with Gasteiger partial charge in [-0.1, -0.05) is 18.2 Å². The van der Waals surface area contributed by atoms with Crippen LogP contribution < -0.4 is 25.7 Å². The molecule has 2 rings (SSSR count). The van der Waals surface area contributed by atoms with Gasteiger partial charge in [-0.3, -0.25) is 0 Å². The summed E-state index contributed by atoms with van der Waals surface area (Å²) in [4.78, 5) is 0. The van der Waals surface area contributed by atoms with E-state index in [4.69, 9.17) is 25.7 Å². The molecule has 22 heavy (non-hydrogen) atoms. The molecule has 0 saturated carbocycles. The van der Waals surface area contributed by atoms with Crippen LogP contribution in [-0.4, -0.2) is 21.3 Å². The maximum Gasteiger partial charge on any atom is 0.183 e. The van der Waals surface area contributed by atoms with Gasteiger partial charge in [0.25, 0.3) is 0 Å². The summed E-state index contributed by atoms with van der Waals surface area (Å²) in [6, 6.07) is 9.29. The second kappa shape index (κ2) is 6.76. The fourth-order valence-corrected chi connectivity index (χ4v) is 2.16. The number of ether oxygens (including phenoxy) is 3. The van der Waals surface area contributed by atoms with Gasteiger partial charge >= 0.3 is 0 Å². The van der Waals surface area contributed by atoms with E-state index in [1.54, 1.807) is 21.3 Å². The average molecular weight is 300 g/mol. The Kier molecular flexibility index (Phi) is 4.78. The molecular weight excluding hydrogens is 280 g/mol. The van der Waals surface area contributed by atoms with E-state index >= 15 is 0 Å². The van der Waals surface area contributed by atoms with Gasteiger partial charge in [-0.2, -0.15) is 0 Å². The summed E-state index contributed by atoms with van der Waals surface area (Å²) in [6.45, 7) is 0. The molecule has 0 aliphatic carbocycles. The average Bonchev–Trinajstić information content (AvgIpc) is 2.52. The van der Waals surface area contributed by atoms with E-state index < -0.39 is 0 Å². The standard InChI is InChI=1S/C17H20N2O3/c1-20-15-7-6-11(8-13(15)18)4-5-12-9-14(19)17(22-3)16(10-12)21-2/h4-10H,18-19H2,1-3H3/b5-4-. The van der Waals surface area contributed by atoms with Crippen LogP contribution in [-0.2, 0) is 0 Å². The maximum absolute atomic E-state index is 5.96. The van der Waals surface area contributed by atoms with Crippen LogP contribution in [0.25, 0.3) is 12.2 Å². The molecule has 0 amide bonds. The first kappa shape index (κ1) is 15.6. The van der Waals surface area contributed by atoms with E-state index in [9.17, 15) is 0 Å². The minimum atomic E-state index is 0.524. The molecular formula is C17H20N2O3. The van der Waals surface area contributed by atoms with Crippen LogP contribution in [0.4, 0.5) is 11.4 Å². The van der Waals surface area contributed by atoms with Crippen molar-refractivity contribution in [2.24, 2.45) is 0 Å². The molecule has 4 N–H and O–H groups in total. The number of anilines is 2. The van der Waals surface area contributed by atoms with Crippen molar-refractivity contribution in [3.63, 3.8) is 0 Å². The molecule has 0 aromatic heterocycles. The molecule has 0 aliphatic rings. The molecule has 0 heterocycles. The maximum atomic E-state index is 5.96. The van der Waals surface area contributed by atoms with Gasteiger partial charge in [0.1, 0.15) is 5.75 Å². The van der Waals surface area contributed by atoms with E-state index in [1.807, 2.05) is 42.5 Å². The molecule has 116 valence electrons. The monoisotopic (exact) mass is 300 g/mol. The Morgan fingerprint density at radius 2 is 1.36 bits per heavy atom. The molecule has 0 saturated heterocycles. The van der Waals surface area contributed by atoms with Crippen molar-refractivity contribution in [3.8, 4) is 17.2 Å². The molecule has 2 aromatic carbocycles. The van der Waals surface area contributed by atoms with Gasteiger partial charge in [-0.15, -0.1) is 0 Å². The van der Waals surface area contributed by atoms with Gasteiger partial charge in [0.2, 0.25) is 0 Å². The largest absolute Gasteiger partial charge is 0.495 e. The highest BCUT2D eigenvalue weighted by atomic mass is 16.5. The number of rotatable bonds is 5. The number of methoxy groups -OCH3 is 3. The zero-order chi connectivity index (χ0) is 16.1. The summed E-state index contributed by atoms with van der Waals surface area (Å²) in [5.74, 6) is 1.79. The molecule has 2 aromatic rings. The van der Waals surface area contributed by atoms with E-state index in [0.717, 1.165) is 11.1 Å². The van der Waals surface area contributed by atoms with Crippen LogP contribution in [0, 0.1) is 0 Å². The zero-order valence-electron chi connectivity index (χ0n) is 12.9. The zero-order valence-corrected chi connectivity index (χ0v) is 12.9. The SMILES string of the molecule is COc1ccc(/C=C\c2cc(N)c(OC)c(OC)c2)cc1N. The number of nitrogens with two attached hydrogens (primary N) is 2. The van der Waals surface area contributed by atoms with Gasteiger partial charge in [0.05, 0.1) is 32.7 Å². The summed E-state index contributed by atoms with van der Waals surface area (Å²) in [6.07, 6.45) is 3.87. The molecule has 0 bridgehead atoms. The highest BCUT2D eigenvalue weighted by molar-refractivity contribution is 5.76. The van der Waals surface area contributed by atoms with Crippen molar-refractivity contribution in [3.05, 3.63) is 41.5 Å².